The molecule has 0 aromatic rings. The molecule has 6 heteroatoms. The number of aliphatic hydroxyl groups is 1. The molecule has 16 heavy (non-hydrogen) atoms. The van der Waals surface area contributed by atoms with Crippen LogP contribution in [0.25, 0.3) is 0 Å². The van der Waals surface area contributed by atoms with Crippen LogP contribution in [0, 0.1) is 5.92 Å². The van der Waals surface area contributed by atoms with Crippen LogP contribution < -0.4 is 5.32 Å². The molecule has 0 spiro atoms. The first-order valence-corrected chi connectivity index (χ1v) is 5.47. The number of hydrogen-bond donors (Lipinski definition) is 3. The summed E-state index contributed by atoms with van der Waals surface area (Å²) in [4.78, 5) is 23.8. The van der Waals surface area contributed by atoms with E-state index in [0.29, 0.717) is 19.0 Å². The van der Waals surface area contributed by atoms with Crippen molar-refractivity contribution in [3.8, 4) is 0 Å². The van der Waals surface area contributed by atoms with Gasteiger partial charge in [0, 0.05) is 13.1 Å². The molecule has 0 aromatic carbocycles. The Kier molecular flexibility index (Phi) is 4.54. The molecule has 1 aliphatic rings. The largest absolute Gasteiger partial charge is 0.480 e. The van der Waals surface area contributed by atoms with E-state index in [1.807, 2.05) is 6.92 Å². The van der Waals surface area contributed by atoms with Crippen LogP contribution in [-0.4, -0.2) is 52.9 Å². The molecule has 1 rings (SSSR count). The lowest BCUT2D eigenvalue weighted by Crippen LogP contribution is -2.50. The van der Waals surface area contributed by atoms with Gasteiger partial charge < -0.3 is 20.4 Å². The van der Waals surface area contributed by atoms with Crippen molar-refractivity contribution >= 4 is 12.0 Å². The number of urea groups is 1. The predicted molar refractivity (Wildman–Crippen MR) is 57.0 cm³/mol. The predicted octanol–water partition coefficient (Wildman–Crippen LogP) is -0.127. The van der Waals surface area contributed by atoms with Crippen molar-refractivity contribution in [2.45, 2.75) is 25.8 Å². The fourth-order valence-electron chi connectivity index (χ4n) is 1.39. The van der Waals surface area contributed by atoms with E-state index in [-0.39, 0.29) is 0 Å². The maximum absolute atomic E-state index is 11.7. The van der Waals surface area contributed by atoms with E-state index >= 15 is 0 Å². The van der Waals surface area contributed by atoms with Crippen LogP contribution in [-0.2, 0) is 4.79 Å². The SMILES string of the molecule is CCN(CC1CC1)C(=O)N[C@@H](CO)C(=O)O. The van der Waals surface area contributed by atoms with Crippen LogP contribution in [0.4, 0.5) is 4.79 Å². The van der Waals surface area contributed by atoms with E-state index in [4.69, 9.17) is 10.2 Å². The monoisotopic (exact) mass is 230 g/mol. The summed E-state index contributed by atoms with van der Waals surface area (Å²) in [5.41, 5.74) is 0. The first-order chi connectivity index (χ1) is 7.58. The number of carbonyl (C=O) groups is 2. The lowest BCUT2D eigenvalue weighted by Gasteiger charge is -2.23. The van der Waals surface area contributed by atoms with Crippen LogP contribution in [0.15, 0.2) is 0 Å². The summed E-state index contributed by atoms with van der Waals surface area (Å²) < 4.78 is 0. The Morgan fingerprint density at radius 3 is 2.50 bits per heavy atom. The molecule has 2 amide bonds. The molecule has 3 N–H and O–H groups in total. The average Bonchev–Trinajstić information content (AvgIpc) is 3.05. The van der Waals surface area contributed by atoms with Crippen molar-refractivity contribution in [2.24, 2.45) is 5.92 Å². The highest BCUT2D eigenvalue weighted by Gasteiger charge is 2.27. The van der Waals surface area contributed by atoms with E-state index in [1.165, 1.54) is 0 Å². The number of hydrogen-bond acceptors (Lipinski definition) is 3. The van der Waals surface area contributed by atoms with E-state index in [0.717, 1.165) is 12.8 Å². The Bertz CT molecular complexity index is 266. The minimum atomic E-state index is -1.22. The first kappa shape index (κ1) is 12.8. The summed E-state index contributed by atoms with van der Waals surface area (Å²) >= 11 is 0. The highest BCUT2D eigenvalue weighted by Crippen LogP contribution is 2.29. The molecular formula is C10H18N2O4. The molecular weight excluding hydrogens is 212 g/mol. The van der Waals surface area contributed by atoms with Gasteiger partial charge in [-0.05, 0) is 25.7 Å². The third-order valence-corrected chi connectivity index (χ3v) is 2.62. The Morgan fingerprint density at radius 1 is 1.50 bits per heavy atom. The van der Waals surface area contributed by atoms with Gasteiger partial charge in [0.1, 0.15) is 0 Å². The number of aliphatic carboxylic acids is 1. The van der Waals surface area contributed by atoms with E-state index in [2.05, 4.69) is 5.32 Å². The van der Waals surface area contributed by atoms with Crippen LogP contribution >= 0.6 is 0 Å². The van der Waals surface area contributed by atoms with Gasteiger partial charge in [-0.2, -0.15) is 0 Å². The number of carbonyl (C=O) groups excluding carboxylic acids is 1. The molecule has 0 radical (unpaired) electrons. The Balaban J connectivity index is 2.43. The molecule has 92 valence electrons. The van der Waals surface area contributed by atoms with Gasteiger partial charge in [0.2, 0.25) is 0 Å². The van der Waals surface area contributed by atoms with Gasteiger partial charge >= 0.3 is 12.0 Å². The van der Waals surface area contributed by atoms with E-state index in [1.54, 1.807) is 4.90 Å². The molecule has 0 bridgehead atoms. The Morgan fingerprint density at radius 2 is 2.12 bits per heavy atom. The highest BCUT2D eigenvalue weighted by atomic mass is 16.4. The number of amides is 2. The number of carboxylic acids is 1. The first-order valence-electron chi connectivity index (χ1n) is 5.47. The molecule has 0 heterocycles. The summed E-state index contributed by atoms with van der Waals surface area (Å²) in [6, 6.07) is -1.64. The molecule has 1 fully saturated rings. The van der Waals surface area contributed by atoms with Gasteiger partial charge in [-0.3, -0.25) is 0 Å². The normalized spacial score (nSPS) is 16.6. The second-order valence-electron chi connectivity index (χ2n) is 4.00. The van der Waals surface area contributed by atoms with Gasteiger partial charge in [0.25, 0.3) is 0 Å². The molecule has 0 unspecified atom stereocenters. The van der Waals surface area contributed by atoms with Gasteiger partial charge in [0.15, 0.2) is 6.04 Å². The maximum atomic E-state index is 11.7. The smallest absolute Gasteiger partial charge is 0.328 e. The molecule has 6 nitrogen and oxygen atoms in total. The molecule has 1 aliphatic carbocycles. The van der Waals surface area contributed by atoms with Crippen molar-refractivity contribution in [3.63, 3.8) is 0 Å². The molecule has 1 atom stereocenters. The van der Waals surface area contributed by atoms with Crippen LogP contribution in [0.5, 0.6) is 0 Å². The zero-order valence-corrected chi connectivity index (χ0v) is 9.35. The summed E-state index contributed by atoms with van der Waals surface area (Å²) in [5.74, 6) is -0.665. The van der Waals surface area contributed by atoms with Crippen molar-refractivity contribution in [2.75, 3.05) is 19.7 Å². The Hall–Kier alpha value is -1.30. The van der Waals surface area contributed by atoms with Gasteiger partial charge in [0.05, 0.1) is 6.61 Å². The van der Waals surface area contributed by atoms with Gasteiger partial charge in [-0.1, -0.05) is 0 Å². The fourth-order valence-corrected chi connectivity index (χ4v) is 1.39. The number of nitrogens with zero attached hydrogens (tertiary/aromatic N) is 1. The summed E-state index contributed by atoms with van der Waals surface area (Å²) in [7, 11) is 0. The molecule has 0 saturated heterocycles. The molecule has 0 aliphatic heterocycles. The lowest BCUT2D eigenvalue weighted by atomic mass is 10.3. The topological polar surface area (TPSA) is 89.9 Å². The van der Waals surface area contributed by atoms with Crippen molar-refractivity contribution in [1.82, 2.24) is 10.2 Å². The fraction of sp³-hybridized carbons (Fsp3) is 0.800. The van der Waals surface area contributed by atoms with Crippen LogP contribution in [0.3, 0.4) is 0 Å². The molecule has 0 aromatic heterocycles. The third-order valence-electron chi connectivity index (χ3n) is 2.62. The van der Waals surface area contributed by atoms with Crippen molar-refractivity contribution in [1.29, 1.82) is 0 Å². The number of aliphatic hydroxyl groups excluding tert-OH is 1. The second-order valence-corrected chi connectivity index (χ2v) is 4.00. The van der Waals surface area contributed by atoms with Crippen LogP contribution in [0.1, 0.15) is 19.8 Å². The number of rotatable bonds is 6. The summed E-state index contributed by atoms with van der Waals surface area (Å²) in [6.45, 7) is 2.46. The number of carboxylic acid groups (broad SMARTS) is 1. The summed E-state index contributed by atoms with van der Waals surface area (Å²) in [5, 5.41) is 19.7. The molecule has 1 saturated carbocycles. The van der Waals surface area contributed by atoms with Crippen molar-refractivity contribution in [3.05, 3.63) is 0 Å². The van der Waals surface area contributed by atoms with Gasteiger partial charge in [-0.15, -0.1) is 0 Å². The van der Waals surface area contributed by atoms with Crippen LogP contribution in [0.2, 0.25) is 0 Å². The zero-order chi connectivity index (χ0) is 12.1. The highest BCUT2D eigenvalue weighted by molar-refractivity contribution is 5.82. The Labute approximate surface area is 94.2 Å². The lowest BCUT2D eigenvalue weighted by molar-refractivity contribution is -0.140. The minimum absolute atomic E-state index is 0.421. The third kappa shape index (κ3) is 3.69. The second kappa shape index (κ2) is 5.69. The minimum Gasteiger partial charge on any atom is -0.480 e. The number of nitrogens with one attached hydrogen (secondary N) is 1. The van der Waals surface area contributed by atoms with E-state index < -0.39 is 24.6 Å². The van der Waals surface area contributed by atoms with E-state index in [9.17, 15) is 9.59 Å². The quantitative estimate of drug-likeness (QED) is 0.593. The maximum Gasteiger partial charge on any atom is 0.328 e. The van der Waals surface area contributed by atoms with Gasteiger partial charge in [-0.25, -0.2) is 9.59 Å². The average molecular weight is 230 g/mol. The summed E-state index contributed by atoms with van der Waals surface area (Å²) in [6.07, 6.45) is 2.26. The zero-order valence-electron chi connectivity index (χ0n) is 9.35. The standard InChI is InChI=1S/C10H18N2O4/c1-2-12(5-7-3-4-7)10(16)11-8(6-13)9(14)15/h7-8,13H,2-6H2,1H3,(H,11,16)(H,14,15)/t8-/m0/s1. The van der Waals surface area contributed by atoms with Crippen molar-refractivity contribution < 1.29 is 19.8 Å².